The molecule has 2 heteroatoms. The van der Waals surface area contributed by atoms with Gasteiger partial charge in [0.15, 0.2) is 0 Å². The van der Waals surface area contributed by atoms with Crippen LogP contribution in [0.1, 0.15) is 46.5 Å². The minimum atomic E-state index is -0.561. The minimum Gasteiger partial charge on any atom is -0.291 e. The van der Waals surface area contributed by atoms with Crippen LogP contribution in [0.2, 0.25) is 0 Å². The topological polar surface area (TPSA) is 3.24 Å². The summed E-state index contributed by atoms with van der Waals surface area (Å²) in [6, 6.07) is 0.758. The van der Waals surface area contributed by atoms with Crippen molar-refractivity contribution >= 4 is 0 Å². The van der Waals surface area contributed by atoms with Gasteiger partial charge in [-0.25, -0.2) is 4.39 Å². The first kappa shape index (κ1) is 10.1. The maximum absolute atomic E-state index is 13.6. The minimum absolute atomic E-state index is 0.241. The van der Waals surface area contributed by atoms with Crippen molar-refractivity contribution in [2.45, 2.75) is 64.2 Å². The first-order valence-corrected chi connectivity index (χ1v) is 6.31. The predicted molar refractivity (Wildman–Crippen MR) is 59.5 cm³/mol. The molecule has 86 valence electrons. The van der Waals surface area contributed by atoms with Gasteiger partial charge in [-0.1, -0.05) is 20.8 Å². The number of fused-ring (bicyclic) bond motifs is 3. The molecule has 15 heavy (non-hydrogen) atoms. The maximum Gasteiger partial charge on any atom is 0.115 e. The molecule has 3 aliphatic rings. The second-order valence-electron chi connectivity index (χ2n) is 7.18. The van der Waals surface area contributed by atoms with E-state index in [4.69, 9.17) is 0 Å². The Bertz CT molecular complexity index is 279. The van der Waals surface area contributed by atoms with Crippen LogP contribution >= 0.6 is 0 Å². The van der Waals surface area contributed by atoms with Crippen molar-refractivity contribution < 1.29 is 4.39 Å². The van der Waals surface area contributed by atoms with Crippen LogP contribution in [0.25, 0.3) is 0 Å². The fourth-order valence-electron chi connectivity index (χ4n) is 4.24. The van der Waals surface area contributed by atoms with Crippen molar-refractivity contribution in [3.8, 4) is 0 Å². The summed E-state index contributed by atoms with van der Waals surface area (Å²) in [5, 5.41) is 0. The molecule has 1 saturated carbocycles. The first-order valence-electron chi connectivity index (χ1n) is 6.31. The molecule has 0 aromatic heterocycles. The predicted octanol–water partition coefficient (Wildman–Crippen LogP) is 3.00. The second-order valence-corrected chi connectivity index (χ2v) is 7.18. The van der Waals surface area contributed by atoms with Gasteiger partial charge in [0.05, 0.1) is 0 Å². The van der Waals surface area contributed by atoms with Crippen LogP contribution in [-0.2, 0) is 0 Å². The van der Waals surface area contributed by atoms with E-state index >= 15 is 0 Å². The Morgan fingerprint density at radius 2 is 2.07 bits per heavy atom. The lowest BCUT2D eigenvalue weighted by atomic mass is 9.76. The van der Waals surface area contributed by atoms with E-state index in [9.17, 15) is 4.39 Å². The largest absolute Gasteiger partial charge is 0.291 e. The van der Waals surface area contributed by atoms with Crippen LogP contribution in [-0.4, -0.2) is 29.2 Å². The summed E-state index contributed by atoms with van der Waals surface area (Å²) in [5.74, 6) is 0.917. The standard InChI is InChI=1S/C13H22FN/c1-12(2,3)8-13-5-9-4-11(9)15(13)7-10(14)6-13/h9-11H,4-8H2,1-3H3/t9-,10?,11-,13?/m0/s1. The van der Waals surface area contributed by atoms with Crippen molar-refractivity contribution in [2.24, 2.45) is 11.3 Å². The molecule has 2 aliphatic heterocycles. The highest BCUT2D eigenvalue weighted by atomic mass is 19.1. The van der Waals surface area contributed by atoms with E-state index in [1.165, 1.54) is 19.3 Å². The normalized spacial score (nSPS) is 49.2. The van der Waals surface area contributed by atoms with Crippen LogP contribution in [0.15, 0.2) is 0 Å². The number of hydrogen-bond acceptors (Lipinski definition) is 1. The summed E-state index contributed by atoms with van der Waals surface area (Å²) in [6.07, 6.45) is 4.03. The van der Waals surface area contributed by atoms with Gasteiger partial charge in [-0.3, -0.25) is 4.90 Å². The average Bonchev–Trinajstić information content (AvgIpc) is 2.59. The summed E-state index contributed by atoms with van der Waals surface area (Å²) in [5.41, 5.74) is 0.574. The third-order valence-corrected chi connectivity index (χ3v) is 4.39. The molecule has 3 rings (SSSR count). The van der Waals surface area contributed by atoms with E-state index in [0.717, 1.165) is 24.9 Å². The van der Waals surface area contributed by atoms with Crippen LogP contribution < -0.4 is 0 Å². The van der Waals surface area contributed by atoms with Gasteiger partial charge >= 0.3 is 0 Å². The quantitative estimate of drug-likeness (QED) is 0.644. The van der Waals surface area contributed by atoms with E-state index in [2.05, 4.69) is 25.7 Å². The Labute approximate surface area is 92.0 Å². The second kappa shape index (κ2) is 2.77. The molecule has 2 unspecified atom stereocenters. The molecule has 0 aromatic carbocycles. The number of nitrogens with zero attached hydrogens (tertiary/aromatic N) is 1. The van der Waals surface area contributed by atoms with Crippen molar-refractivity contribution in [1.29, 1.82) is 0 Å². The van der Waals surface area contributed by atoms with Gasteiger partial charge in [0, 0.05) is 18.1 Å². The highest BCUT2D eigenvalue weighted by molar-refractivity contribution is 5.17. The van der Waals surface area contributed by atoms with E-state index in [1.54, 1.807) is 0 Å². The van der Waals surface area contributed by atoms with E-state index in [0.29, 0.717) is 5.41 Å². The SMILES string of the molecule is CC(C)(C)CC12CC(F)CN1[C@H]1C[C@H]1C2. The number of hydrogen-bond donors (Lipinski definition) is 0. The number of halogens is 1. The van der Waals surface area contributed by atoms with E-state index < -0.39 is 6.17 Å². The van der Waals surface area contributed by atoms with Gasteiger partial charge in [-0.05, 0) is 37.0 Å². The Morgan fingerprint density at radius 3 is 2.73 bits per heavy atom. The average molecular weight is 211 g/mol. The Morgan fingerprint density at radius 1 is 1.33 bits per heavy atom. The molecule has 3 fully saturated rings. The molecule has 0 N–H and O–H groups in total. The molecule has 0 radical (unpaired) electrons. The first-order chi connectivity index (χ1) is 6.90. The molecule has 1 nitrogen and oxygen atoms in total. The zero-order valence-electron chi connectivity index (χ0n) is 10.1. The van der Waals surface area contributed by atoms with Crippen LogP contribution in [0.4, 0.5) is 4.39 Å². The third kappa shape index (κ3) is 1.52. The van der Waals surface area contributed by atoms with Crippen molar-refractivity contribution in [3.05, 3.63) is 0 Å². The van der Waals surface area contributed by atoms with Gasteiger partial charge < -0.3 is 0 Å². The number of rotatable bonds is 1. The Hall–Kier alpha value is -0.110. The van der Waals surface area contributed by atoms with Gasteiger partial charge in [0.1, 0.15) is 6.17 Å². The molecular weight excluding hydrogens is 189 g/mol. The van der Waals surface area contributed by atoms with Gasteiger partial charge in [-0.15, -0.1) is 0 Å². The zero-order chi connectivity index (χ0) is 10.8. The summed E-state index contributed by atoms with van der Waals surface area (Å²) < 4.78 is 13.6. The summed E-state index contributed by atoms with van der Waals surface area (Å²) in [7, 11) is 0. The molecule has 0 spiro atoms. The molecule has 0 amide bonds. The monoisotopic (exact) mass is 211 g/mol. The molecule has 0 bridgehead atoms. The summed E-state index contributed by atoms with van der Waals surface area (Å²) >= 11 is 0. The van der Waals surface area contributed by atoms with Gasteiger partial charge in [0.25, 0.3) is 0 Å². The summed E-state index contributed by atoms with van der Waals surface area (Å²) in [6.45, 7) is 7.58. The highest BCUT2D eigenvalue weighted by Gasteiger charge is 2.63. The fraction of sp³-hybridized carbons (Fsp3) is 1.00. The molecule has 1 aliphatic carbocycles. The van der Waals surface area contributed by atoms with Crippen LogP contribution in [0, 0.1) is 11.3 Å². The highest BCUT2D eigenvalue weighted by Crippen LogP contribution is 2.59. The molecular formula is C13H22FN. The smallest absolute Gasteiger partial charge is 0.115 e. The van der Waals surface area contributed by atoms with Gasteiger partial charge in [0.2, 0.25) is 0 Å². The Kier molecular flexibility index (Phi) is 1.86. The van der Waals surface area contributed by atoms with Crippen molar-refractivity contribution in [3.63, 3.8) is 0 Å². The number of alkyl halides is 1. The molecule has 0 aromatic rings. The molecule has 4 atom stereocenters. The van der Waals surface area contributed by atoms with E-state index in [1.807, 2.05) is 0 Å². The van der Waals surface area contributed by atoms with Gasteiger partial charge in [-0.2, -0.15) is 0 Å². The van der Waals surface area contributed by atoms with E-state index in [-0.39, 0.29) is 5.54 Å². The van der Waals surface area contributed by atoms with Crippen LogP contribution in [0.3, 0.4) is 0 Å². The third-order valence-electron chi connectivity index (χ3n) is 4.39. The lowest BCUT2D eigenvalue weighted by Crippen LogP contribution is -2.43. The van der Waals surface area contributed by atoms with Crippen molar-refractivity contribution in [2.75, 3.05) is 6.54 Å². The maximum atomic E-state index is 13.6. The fourth-order valence-corrected chi connectivity index (χ4v) is 4.24. The van der Waals surface area contributed by atoms with Crippen LogP contribution in [0.5, 0.6) is 0 Å². The lowest BCUT2D eigenvalue weighted by molar-refractivity contribution is 0.105. The summed E-state index contributed by atoms with van der Waals surface area (Å²) in [4.78, 5) is 2.52. The Balaban J connectivity index is 1.83. The van der Waals surface area contributed by atoms with Crippen molar-refractivity contribution in [1.82, 2.24) is 4.90 Å². The number of piperidine rings is 1. The molecule has 2 heterocycles. The molecule has 2 saturated heterocycles. The zero-order valence-corrected chi connectivity index (χ0v) is 10.1. The lowest BCUT2D eigenvalue weighted by Gasteiger charge is -2.39.